The van der Waals surface area contributed by atoms with Crippen molar-refractivity contribution in [1.29, 1.82) is 5.26 Å². The van der Waals surface area contributed by atoms with Gasteiger partial charge in [-0.25, -0.2) is 9.97 Å². The quantitative estimate of drug-likeness (QED) is 0.608. The highest BCUT2D eigenvalue weighted by Crippen LogP contribution is 2.32. The van der Waals surface area contributed by atoms with Crippen LogP contribution in [0, 0.1) is 18.3 Å². The molecular formula is C23H28N6S. The number of imidazole rings is 1. The van der Waals surface area contributed by atoms with Crippen molar-refractivity contribution >= 4 is 34.3 Å². The van der Waals surface area contributed by atoms with Crippen LogP contribution in [-0.2, 0) is 7.05 Å². The highest BCUT2D eigenvalue weighted by molar-refractivity contribution is 7.99. The smallest absolute Gasteiger partial charge is 0.134 e. The molecule has 1 unspecified atom stereocenters. The molecule has 1 atom stereocenters. The van der Waals surface area contributed by atoms with Gasteiger partial charge < -0.3 is 9.47 Å². The van der Waals surface area contributed by atoms with E-state index in [0.29, 0.717) is 0 Å². The number of anilines is 2. The van der Waals surface area contributed by atoms with Crippen LogP contribution < -0.4 is 4.90 Å². The number of rotatable bonds is 5. The van der Waals surface area contributed by atoms with Crippen LogP contribution in [0.5, 0.6) is 0 Å². The lowest BCUT2D eigenvalue weighted by Gasteiger charge is -2.34. The highest BCUT2D eigenvalue weighted by atomic mass is 32.2. The number of hydrogen-bond acceptors (Lipinski definition) is 6. The number of thioether (sulfide) groups is 1. The molecule has 0 aliphatic carbocycles. The lowest BCUT2D eigenvalue weighted by molar-refractivity contribution is 0.199. The van der Waals surface area contributed by atoms with Crippen molar-refractivity contribution in [3.05, 3.63) is 47.9 Å². The van der Waals surface area contributed by atoms with E-state index in [0.717, 1.165) is 64.8 Å². The van der Waals surface area contributed by atoms with Gasteiger partial charge >= 0.3 is 0 Å². The molecule has 0 radical (unpaired) electrons. The van der Waals surface area contributed by atoms with Crippen molar-refractivity contribution in [2.75, 3.05) is 31.3 Å². The molecular weight excluding hydrogens is 392 g/mol. The molecule has 0 saturated carbocycles. The molecule has 1 aliphatic rings. The molecule has 4 rings (SSSR count). The minimum Gasteiger partial charge on any atom is -0.334 e. The normalized spacial score (nSPS) is 16.5. The van der Waals surface area contributed by atoms with Gasteiger partial charge in [-0.2, -0.15) is 17.0 Å². The number of fused-ring (bicyclic) bond motifs is 1. The third kappa shape index (κ3) is 3.90. The minimum atomic E-state index is -0.185. The molecule has 30 heavy (non-hydrogen) atoms. The van der Waals surface area contributed by atoms with Crippen molar-refractivity contribution in [1.82, 2.24) is 19.4 Å². The summed E-state index contributed by atoms with van der Waals surface area (Å²) in [7, 11) is 4.02. The Morgan fingerprint density at radius 3 is 2.67 bits per heavy atom. The molecule has 0 spiro atoms. The van der Waals surface area contributed by atoms with E-state index in [-0.39, 0.29) is 6.04 Å². The van der Waals surface area contributed by atoms with Crippen molar-refractivity contribution in [3.63, 3.8) is 0 Å². The molecule has 3 aromatic rings. The fourth-order valence-corrected chi connectivity index (χ4v) is 4.97. The zero-order chi connectivity index (χ0) is 21.3. The Morgan fingerprint density at radius 2 is 2.00 bits per heavy atom. The van der Waals surface area contributed by atoms with Gasteiger partial charge in [-0.15, -0.1) is 0 Å². The van der Waals surface area contributed by atoms with E-state index >= 15 is 0 Å². The first-order valence-corrected chi connectivity index (χ1v) is 11.6. The summed E-state index contributed by atoms with van der Waals surface area (Å²) in [6, 6.07) is 10.8. The number of aromatic nitrogens is 3. The van der Waals surface area contributed by atoms with Gasteiger partial charge in [0.1, 0.15) is 17.4 Å². The Kier molecular flexibility index (Phi) is 5.98. The van der Waals surface area contributed by atoms with E-state index in [2.05, 4.69) is 63.3 Å². The molecule has 3 heterocycles. The summed E-state index contributed by atoms with van der Waals surface area (Å²) in [5.74, 6) is 0.873. The fourth-order valence-electron chi connectivity index (χ4n) is 4.29. The van der Waals surface area contributed by atoms with E-state index in [4.69, 9.17) is 0 Å². The Morgan fingerprint density at radius 1 is 1.23 bits per heavy atom. The number of nitriles is 1. The average molecular weight is 421 g/mol. The van der Waals surface area contributed by atoms with Crippen molar-refractivity contribution in [3.8, 4) is 6.07 Å². The highest BCUT2D eigenvalue weighted by Gasteiger charge is 2.26. The summed E-state index contributed by atoms with van der Waals surface area (Å²) in [6.07, 6.45) is 8.11. The first-order chi connectivity index (χ1) is 14.5. The summed E-state index contributed by atoms with van der Waals surface area (Å²) < 4.78 is 2.00. The summed E-state index contributed by atoms with van der Waals surface area (Å²) >= 11 is 1.94. The molecule has 1 aromatic carbocycles. The largest absolute Gasteiger partial charge is 0.334 e. The van der Waals surface area contributed by atoms with E-state index in [1.807, 2.05) is 36.6 Å². The zero-order valence-corrected chi connectivity index (χ0v) is 18.9. The number of benzene rings is 1. The predicted molar refractivity (Wildman–Crippen MR) is 124 cm³/mol. The third-order valence-corrected chi connectivity index (χ3v) is 7.27. The van der Waals surface area contributed by atoms with Gasteiger partial charge in [0, 0.05) is 44.2 Å². The van der Waals surface area contributed by atoms with E-state index in [1.165, 1.54) is 0 Å². The van der Waals surface area contributed by atoms with Crippen LogP contribution in [0.2, 0.25) is 0 Å². The van der Waals surface area contributed by atoms with E-state index in [9.17, 15) is 5.26 Å². The van der Waals surface area contributed by atoms with Gasteiger partial charge in [0.15, 0.2) is 0 Å². The topological polar surface area (TPSA) is 61.0 Å². The van der Waals surface area contributed by atoms with Gasteiger partial charge in [-0.3, -0.25) is 4.90 Å². The SMILES string of the molecule is CSC1CCN(C(C#N)c2ccc(N(C)c3cc4c(cn3)ncn4C)c(C)c2)CC1. The molecule has 1 saturated heterocycles. The van der Waals surface area contributed by atoms with Crippen LogP contribution in [-0.4, -0.2) is 51.1 Å². The van der Waals surface area contributed by atoms with E-state index in [1.54, 1.807) is 6.33 Å². The number of pyridine rings is 1. The maximum absolute atomic E-state index is 9.88. The van der Waals surface area contributed by atoms with Crippen LogP contribution in [0.1, 0.15) is 30.0 Å². The maximum Gasteiger partial charge on any atom is 0.134 e. The van der Waals surface area contributed by atoms with Gasteiger partial charge in [-0.1, -0.05) is 12.1 Å². The number of hydrogen-bond donors (Lipinski definition) is 0. The monoisotopic (exact) mass is 420 g/mol. The van der Waals surface area contributed by atoms with Crippen molar-refractivity contribution in [2.24, 2.45) is 7.05 Å². The van der Waals surface area contributed by atoms with Crippen molar-refractivity contribution < 1.29 is 0 Å². The first kappa shape index (κ1) is 20.7. The Hall–Kier alpha value is -2.56. The molecule has 0 bridgehead atoms. The molecule has 1 aliphatic heterocycles. The summed E-state index contributed by atoms with van der Waals surface area (Å²) in [6.45, 7) is 4.07. The van der Waals surface area contributed by atoms with Gasteiger partial charge in [0.05, 0.1) is 24.1 Å². The molecule has 6 nitrogen and oxygen atoms in total. The van der Waals surface area contributed by atoms with Crippen LogP contribution in [0.4, 0.5) is 11.5 Å². The van der Waals surface area contributed by atoms with Gasteiger partial charge in [0.25, 0.3) is 0 Å². The van der Waals surface area contributed by atoms with Gasteiger partial charge in [-0.05, 0) is 43.2 Å². The number of piperidine rings is 1. The number of nitrogens with zero attached hydrogens (tertiary/aromatic N) is 6. The van der Waals surface area contributed by atoms with Crippen LogP contribution in [0.15, 0.2) is 36.8 Å². The van der Waals surface area contributed by atoms with E-state index < -0.39 is 0 Å². The second kappa shape index (κ2) is 8.66. The van der Waals surface area contributed by atoms with Crippen LogP contribution in [0.3, 0.4) is 0 Å². The van der Waals surface area contributed by atoms with Crippen LogP contribution >= 0.6 is 11.8 Å². The first-order valence-electron chi connectivity index (χ1n) is 10.3. The zero-order valence-electron chi connectivity index (χ0n) is 18.0. The summed E-state index contributed by atoms with van der Waals surface area (Å²) in [5.41, 5.74) is 5.25. The fraction of sp³-hybridized carbons (Fsp3) is 0.435. The molecule has 156 valence electrons. The minimum absolute atomic E-state index is 0.185. The Bertz CT molecular complexity index is 1080. The lowest BCUT2D eigenvalue weighted by Crippen LogP contribution is -2.37. The van der Waals surface area contributed by atoms with Gasteiger partial charge in [0.2, 0.25) is 0 Å². The standard InChI is InChI=1S/C23H28N6S/c1-16-11-17(22(13-24)29-9-7-18(30-4)8-10-29)5-6-20(16)28(3)23-12-21-19(14-25-23)26-15-27(21)2/h5-6,11-12,14-15,18,22H,7-10H2,1-4H3. The molecule has 2 aromatic heterocycles. The Balaban J connectivity index is 1.57. The molecule has 0 N–H and O–H groups in total. The summed E-state index contributed by atoms with van der Waals surface area (Å²) in [4.78, 5) is 13.4. The number of aryl methyl sites for hydroxylation is 2. The average Bonchev–Trinajstić information content (AvgIpc) is 3.14. The molecule has 1 fully saturated rings. The molecule has 0 amide bonds. The predicted octanol–water partition coefficient (Wildman–Crippen LogP) is 4.44. The second-order valence-electron chi connectivity index (χ2n) is 7.99. The van der Waals surface area contributed by atoms with Crippen LogP contribution in [0.25, 0.3) is 11.0 Å². The third-order valence-electron chi connectivity index (χ3n) is 6.14. The van der Waals surface area contributed by atoms with Crippen molar-refractivity contribution in [2.45, 2.75) is 31.1 Å². The summed E-state index contributed by atoms with van der Waals surface area (Å²) in [5, 5.41) is 10.6. The lowest BCUT2D eigenvalue weighted by atomic mass is 10.00. The maximum atomic E-state index is 9.88. The second-order valence-corrected chi connectivity index (χ2v) is 9.13. The Labute approximate surface area is 182 Å². The molecule has 7 heteroatoms. The number of likely N-dealkylation sites (tertiary alicyclic amines) is 1.